The van der Waals surface area contributed by atoms with Crippen molar-refractivity contribution in [3.63, 3.8) is 0 Å². The van der Waals surface area contributed by atoms with Crippen LogP contribution in [0.25, 0.3) is 0 Å². The number of alkyl halides is 3. The molecule has 2 nitrogen and oxygen atoms in total. The van der Waals surface area contributed by atoms with Gasteiger partial charge >= 0.3 is 6.18 Å². The number of likely N-dealkylation sites (tertiary alicyclic amines) is 1. The number of rotatable bonds is 2. The van der Waals surface area contributed by atoms with Gasteiger partial charge < -0.3 is 5.32 Å². The van der Waals surface area contributed by atoms with E-state index in [0.29, 0.717) is 18.5 Å². The molecule has 0 amide bonds. The van der Waals surface area contributed by atoms with Crippen LogP contribution in [-0.4, -0.2) is 30.6 Å². The predicted molar refractivity (Wildman–Crippen MR) is 71.2 cm³/mol. The molecule has 2 fully saturated rings. The number of hydrogen-bond donors (Lipinski definition) is 1. The van der Waals surface area contributed by atoms with Crippen LogP contribution in [0.4, 0.5) is 13.2 Å². The summed E-state index contributed by atoms with van der Waals surface area (Å²) >= 11 is 0. The van der Waals surface area contributed by atoms with Gasteiger partial charge in [-0.05, 0) is 43.5 Å². The highest BCUT2D eigenvalue weighted by Crippen LogP contribution is 2.31. The number of nitrogens with zero attached hydrogens (tertiary/aromatic N) is 1. The van der Waals surface area contributed by atoms with E-state index in [4.69, 9.17) is 0 Å². The van der Waals surface area contributed by atoms with Gasteiger partial charge in [0.15, 0.2) is 0 Å². The maximum Gasteiger partial charge on any atom is 0.416 e. The van der Waals surface area contributed by atoms with E-state index in [9.17, 15) is 13.2 Å². The largest absolute Gasteiger partial charge is 0.416 e. The number of piperidine rings is 1. The lowest BCUT2D eigenvalue weighted by atomic mass is 9.91. The van der Waals surface area contributed by atoms with Crippen LogP contribution in [0.15, 0.2) is 24.3 Å². The summed E-state index contributed by atoms with van der Waals surface area (Å²) in [6.45, 7) is 3.61. The summed E-state index contributed by atoms with van der Waals surface area (Å²) in [7, 11) is 0. The first-order valence-electron chi connectivity index (χ1n) is 7.15. The summed E-state index contributed by atoms with van der Waals surface area (Å²) in [5.74, 6) is 0.662. The van der Waals surface area contributed by atoms with E-state index in [2.05, 4.69) is 10.2 Å². The Hall–Kier alpha value is -1.07. The average molecular weight is 284 g/mol. The second kappa shape index (κ2) is 5.37. The highest BCUT2D eigenvalue weighted by atomic mass is 19.4. The van der Waals surface area contributed by atoms with Gasteiger partial charge in [-0.2, -0.15) is 13.2 Å². The summed E-state index contributed by atoms with van der Waals surface area (Å²) < 4.78 is 38.2. The average Bonchev–Trinajstić information content (AvgIpc) is 2.87. The van der Waals surface area contributed by atoms with Crippen molar-refractivity contribution >= 4 is 0 Å². The van der Waals surface area contributed by atoms with Gasteiger partial charge in [0.1, 0.15) is 0 Å². The fourth-order valence-corrected chi connectivity index (χ4v) is 3.44. The molecule has 1 aromatic carbocycles. The molecule has 0 saturated carbocycles. The standard InChI is InChI=1S/C15H19F3N2/c16-15(17,18)13-5-1-3-11(7-13)10-20-6-2-4-12-8-19-9-14(12)20/h1,3,5,7,12,14,19H,2,4,6,8-10H2. The van der Waals surface area contributed by atoms with Crippen LogP contribution in [0.1, 0.15) is 24.0 Å². The van der Waals surface area contributed by atoms with Crippen molar-refractivity contribution in [2.45, 2.75) is 31.6 Å². The number of fused-ring (bicyclic) bond motifs is 1. The van der Waals surface area contributed by atoms with Crippen molar-refractivity contribution in [2.75, 3.05) is 19.6 Å². The number of nitrogens with one attached hydrogen (secondary N) is 1. The van der Waals surface area contributed by atoms with Gasteiger partial charge in [-0.1, -0.05) is 18.2 Å². The SMILES string of the molecule is FC(F)(F)c1cccc(CN2CCCC3CNCC32)c1. The minimum Gasteiger partial charge on any atom is -0.315 e. The van der Waals surface area contributed by atoms with Gasteiger partial charge in [0.25, 0.3) is 0 Å². The molecular formula is C15H19F3N2. The van der Waals surface area contributed by atoms with Crippen LogP contribution in [0.5, 0.6) is 0 Å². The number of benzene rings is 1. The van der Waals surface area contributed by atoms with Gasteiger partial charge in [-0.25, -0.2) is 0 Å². The van der Waals surface area contributed by atoms with Crippen LogP contribution in [0.3, 0.4) is 0 Å². The Morgan fingerprint density at radius 2 is 2.10 bits per heavy atom. The molecule has 110 valence electrons. The van der Waals surface area contributed by atoms with Crippen LogP contribution >= 0.6 is 0 Å². The zero-order valence-corrected chi connectivity index (χ0v) is 11.3. The molecule has 2 heterocycles. The highest BCUT2D eigenvalue weighted by molar-refractivity contribution is 5.25. The molecule has 2 aliphatic rings. The van der Waals surface area contributed by atoms with Crippen molar-refractivity contribution in [2.24, 2.45) is 5.92 Å². The third-order valence-corrected chi connectivity index (χ3v) is 4.43. The van der Waals surface area contributed by atoms with Crippen LogP contribution in [0, 0.1) is 5.92 Å². The predicted octanol–water partition coefficient (Wildman–Crippen LogP) is 2.89. The smallest absolute Gasteiger partial charge is 0.315 e. The monoisotopic (exact) mass is 284 g/mol. The van der Waals surface area contributed by atoms with E-state index >= 15 is 0 Å². The summed E-state index contributed by atoms with van der Waals surface area (Å²) in [5.41, 5.74) is 0.209. The van der Waals surface area contributed by atoms with Gasteiger partial charge in [0.05, 0.1) is 5.56 Å². The van der Waals surface area contributed by atoms with Crippen molar-refractivity contribution < 1.29 is 13.2 Å². The Morgan fingerprint density at radius 1 is 1.25 bits per heavy atom. The van der Waals surface area contributed by atoms with Crippen molar-refractivity contribution in [3.8, 4) is 0 Å². The molecular weight excluding hydrogens is 265 g/mol. The van der Waals surface area contributed by atoms with Gasteiger partial charge in [0.2, 0.25) is 0 Å². The van der Waals surface area contributed by atoms with E-state index in [-0.39, 0.29) is 0 Å². The first kappa shape index (κ1) is 13.9. The summed E-state index contributed by atoms with van der Waals surface area (Å²) in [4.78, 5) is 2.34. The maximum atomic E-state index is 12.7. The second-order valence-corrected chi connectivity index (χ2v) is 5.80. The molecule has 1 N–H and O–H groups in total. The molecule has 2 saturated heterocycles. The topological polar surface area (TPSA) is 15.3 Å². The zero-order valence-electron chi connectivity index (χ0n) is 11.3. The first-order chi connectivity index (χ1) is 9.54. The van der Waals surface area contributed by atoms with E-state index in [1.165, 1.54) is 18.6 Å². The fourth-order valence-electron chi connectivity index (χ4n) is 3.44. The Morgan fingerprint density at radius 3 is 2.90 bits per heavy atom. The molecule has 0 bridgehead atoms. The Bertz CT molecular complexity index is 472. The Labute approximate surface area is 117 Å². The second-order valence-electron chi connectivity index (χ2n) is 5.80. The van der Waals surface area contributed by atoms with Crippen LogP contribution < -0.4 is 5.32 Å². The van der Waals surface area contributed by atoms with E-state index in [0.717, 1.165) is 37.7 Å². The highest BCUT2D eigenvalue weighted by Gasteiger charge is 2.35. The lowest BCUT2D eigenvalue weighted by Crippen LogP contribution is -2.44. The summed E-state index contributed by atoms with van der Waals surface area (Å²) in [6.07, 6.45) is -1.88. The van der Waals surface area contributed by atoms with Crippen molar-refractivity contribution in [1.82, 2.24) is 10.2 Å². The molecule has 0 aromatic heterocycles. The maximum absolute atomic E-state index is 12.7. The molecule has 20 heavy (non-hydrogen) atoms. The van der Waals surface area contributed by atoms with E-state index < -0.39 is 11.7 Å². The minimum absolute atomic E-state index is 0.485. The molecule has 3 rings (SSSR count). The van der Waals surface area contributed by atoms with Crippen LogP contribution in [-0.2, 0) is 12.7 Å². The van der Waals surface area contributed by atoms with Gasteiger partial charge in [-0.3, -0.25) is 4.90 Å². The summed E-state index contributed by atoms with van der Waals surface area (Å²) in [6, 6.07) is 6.21. The molecule has 2 unspecified atom stereocenters. The fraction of sp³-hybridized carbons (Fsp3) is 0.600. The van der Waals surface area contributed by atoms with E-state index in [1.807, 2.05) is 0 Å². The number of hydrogen-bond acceptors (Lipinski definition) is 2. The molecule has 2 atom stereocenters. The quantitative estimate of drug-likeness (QED) is 0.898. The Balaban J connectivity index is 1.74. The van der Waals surface area contributed by atoms with Crippen molar-refractivity contribution in [1.29, 1.82) is 0 Å². The summed E-state index contributed by atoms with van der Waals surface area (Å²) in [5, 5.41) is 3.39. The lowest BCUT2D eigenvalue weighted by Gasteiger charge is -2.37. The number of halogens is 3. The Kier molecular flexibility index (Phi) is 3.73. The van der Waals surface area contributed by atoms with E-state index in [1.54, 1.807) is 6.07 Å². The normalized spacial score (nSPS) is 27.6. The van der Waals surface area contributed by atoms with Gasteiger partial charge in [-0.15, -0.1) is 0 Å². The lowest BCUT2D eigenvalue weighted by molar-refractivity contribution is -0.137. The molecule has 0 aliphatic carbocycles. The molecule has 0 spiro atoms. The molecule has 5 heteroatoms. The first-order valence-corrected chi connectivity index (χ1v) is 7.15. The molecule has 1 aromatic rings. The van der Waals surface area contributed by atoms with Crippen LogP contribution in [0.2, 0.25) is 0 Å². The van der Waals surface area contributed by atoms with Gasteiger partial charge in [0, 0.05) is 19.1 Å². The zero-order chi connectivity index (χ0) is 14.2. The molecule has 0 radical (unpaired) electrons. The third kappa shape index (κ3) is 2.83. The van der Waals surface area contributed by atoms with Crippen molar-refractivity contribution in [3.05, 3.63) is 35.4 Å². The third-order valence-electron chi connectivity index (χ3n) is 4.43. The minimum atomic E-state index is -4.25. The molecule has 2 aliphatic heterocycles.